The molecule has 3 aromatic rings. The molecule has 8 nitrogen and oxygen atoms in total. The Bertz CT molecular complexity index is 1360. The number of pyridine rings is 1. The Morgan fingerprint density at radius 3 is 2.42 bits per heavy atom. The molecule has 36 heavy (non-hydrogen) atoms. The van der Waals surface area contributed by atoms with E-state index in [1.54, 1.807) is 13.0 Å². The summed E-state index contributed by atoms with van der Waals surface area (Å²) < 4.78 is 78.5. The van der Waals surface area contributed by atoms with Gasteiger partial charge in [-0.15, -0.1) is 0 Å². The molecule has 1 saturated heterocycles. The summed E-state index contributed by atoms with van der Waals surface area (Å²) in [4.78, 5) is 23.7. The number of alkyl halides is 3. The first kappa shape index (κ1) is 25.6. The van der Waals surface area contributed by atoms with Crippen molar-refractivity contribution in [1.29, 1.82) is 0 Å². The van der Waals surface area contributed by atoms with E-state index >= 15 is 0 Å². The Hall–Kier alpha value is -3.45. The second-order valence-electron chi connectivity index (χ2n) is 8.23. The molecule has 3 heterocycles. The molecule has 13 heteroatoms. The SMILES string of the molecule is Cc1cnc(-c2cnc(C(F)(F)F)nc2)cc1CNC(=O)C1CCCN1S(=O)(=O)c1ccc(F)cc1. The van der Waals surface area contributed by atoms with Gasteiger partial charge < -0.3 is 5.32 Å². The highest BCUT2D eigenvalue weighted by atomic mass is 32.2. The Balaban J connectivity index is 1.48. The third kappa shape index (κ3) is 5.36. The van der Waals surface area contributed by atoms with Gasteiger partial charge in [-0.25, -0.2) is 22.8 Å². The topological polar surface area (TPSA) is 105 Å². The van der Waals surface area contributed by atoms with Crippen LogP contribution in [0.4, 0.5) is 17.6 Å². The van der Waals surface area contributed by atoms with Gasteiger partial charge in [0.25, 0.3) is 0 Å². The number of hydrogen-bond acceptors (Lipinski definition) is 6. The third-order valence-corrected chi connectivity index (χ3v) is 7.72. The first-order valence-electron chi connectivity index (χ1n) is 10.9. The van der Waals surface area contributed by atoms with Gasteiger partial charge in [0.15, 0.2) is 0 Å². The largest absolute Gasteiger partial charge is 0.451 e. The minimum atomic E-state index is -4.66. The number of benzene rings is 1. The van der Waals surface area contributed by atoms with Crippen molar-refractivity contribution in [3.63, 3.8) is 0 Å². The maximum absolute atomic E-state index is 13.2. The van der Waals surface area contributed by atoms with Crippen molar-refractivity contribution in [2.75, 3.05) is 6.54 Å². The smallest absolute Gasteiger partial charge is 0.351 e. The summed E-state index contributed by atoms with van der Waals surface area (Å²) in [6, 6.07) is 5.08. The van der Waals surface area contributed by atoms with E-state index in [2.05, 4.69) is 20.3 Å². The van der Waals surface area contributed by atoms with Crippen molar-refractivity contribution in [2.45, 2.75) is 43.4 Å². The Morgan fingerprint density at radius 2 is 1.78 bits per heavy atom. The van der Waals surface area contributed by atoms with Gasteiger partial charge in [-0.1, -0.05) is 0 Å². The summed E-state index contributed by atoms with van der Waals surface area (Å²) in [6.07, 6.45) is -0.290. The average molecular weight is 524 g/mol. The van der Waals surface area contributed by atoms with Crippen molar-refractivity contribution >= 4 is 15.9 Å². The van der Waals surface area contributed by atoms with E-state index in [-0.39, 0.29) is 23.5 Å². The van der Waals surface area contributed by atoms with Crippen LogP contribution >= 0.6 is 0 Å². The predicted octanol–water partition coefficient (Wildman–Crippen LogP) is 3.47. The molecule has 0 saturated carbocycles. The number of nitrogens with one attached hydrogen (secondary N) is 1. The van der Waals surface area contributed by atoms with Crippen LogP contribution in [-0.2, 0) is 27.5 Å². The summed E-state index contributed by atoms with van der Waals surface area (Å²) in [6.45, 7) is 1.95. The summed E-state index contributed by atoms with van der Waals surface area (Å²) in [5.41, 5.74) is 1.94. The molecule has 0 radical (unpaired) electrons. The molecule has 1 fully saturated rings. The van der Waals surface area contributed by atoms with E-state index in [9.17, 15) is 30.8 Å². The van der Waals surface area contributed by atoms with Crippen LogP contribution in [0.25, 0.3) is 11.3 Å². The van der Waals surface area contributed by atoms with E-state index in [0.717, 1.165) is 41.0 Å². The lowest BCUT2D eigenvalue weighted by molar-refractivity contribution is -0.145. The van der Waals surface area contributed by atoms with Crippen molar-refractivity contribution in [1.82, 2.24) is 24.6 Å². The average Bonchev–Trinajstić information content (AvgIpc) is 3.34. The van der Waals surface area contributed by atoms with Crippen LogP contribution in [0, 0.1) is 12.7 Å². The molecule has 4 rings (SSSR count). The van der Waals surface area contributed by atoms with Crippen LogP contribution < -0.4 is 5.32 Å². The molecule has 1 aliphatic rings. The number of halogens is 4. The van der Waals surface area contributed by atoms with Gasteiger partial charge in [0.05, 0.1) is 10.6 Å². The van der Waals surface area contributed by atoms with Gasteiger partial charge in [-0.3, -0.25) is 9.78 Å². The molecule has 0 bridgehead atoms. The molecule has 1 aromatic carbocycles. The number of aromatic nitrogens is 3. The van der Waals surface area contributed by atoms with Gasteiger partial charge in [0.1, 0.15) is 11.9 Å². The number of aryl methyl sites for hydroxylation is 1. The third-order valence-electron chi connectivity index (χ3n) is 5.80. The van der Waals surface area contributed by atoms with Gasteiger partial charge in [0, 0.05) is 37.2 Å². The summed E-state index contributed by atoms with van der Waals surface area (Å²) in [5.74, 6) is -2.32. The van der Waals surface area contributed by atoms with Crippen LogP contribution in [-0.4, -0.2) is 46.2 Å². The fourth-order valence-corrected chi connectivity index (χ4v) is 5.51. The van der Waals surface area contributed by atoms with E-state index in [0.29, 0.717) is 29.7 Å². The highest BCUT2D eigenvalue weighted by Crippen LogP contribution is 2.28. The van der Waals surface area contributed by atoms with E-state index in [1.165, 1.54) is 6.20 Å². The van der Waals surface area contributed by atoms with E-state index < -0.39 is 39.8 Å². The Morgan fingerprint density at radius 1 is 1.11 bits per heavy atom. The maximum atomic E-state index is 13.2. The van der Waals surface area contributed by atoms with Gasteiger partial charge in [-0.05, 0) is 61.2 Å². The number of amides is 1. The number of carbonyl (C=O) groups is 1. The van der Waals surface area contributed by atoms with Gasteiger partial charge >= 0.3 is 6.18 Å². The molecule has 1 amide bonds. The highest BCUT2D eigenvalue weighted by Gasteiger charge is 2.39. The molecule has 0 aliphatic carbocycles. The number of sulfonamides is 1. The molecule has 190 valence electrons. The monoisotopic (exact) mass is 523 g/mol. The van der Waals surface area contributed by atoms with Crippen LogP contribution in [0.1, 0.15) is 29.8 Å². The highest BCUT2D eigenvalue weighted by molar-refractivity contribution is 7.89. The molecule has 2 aromatic heterocycles. The second kappa shape index (κ2) is 9.90. The van der Waals surface area contributed by atoms with Crippen LogP contribution in [0.5, 0.6) is 0 Å². The maximum Gasteiger partial charge on any atom is 0.451 e. The molecule has 1 aliphatic heterocycles. The van der Waals surface area contributed by atoms with Crippen molar-refractivity contribution < 1.29 is 30.8 Å². The van der Waals surface area contributed by atoms with Crippen molar-refractivity contribution in [3.8, 4) is 11.3 Å². The number of nitrogens with zero attached hydrogens (tertiary/aromatic N) is 4. The van der Waals surface area contributed by atoms with Crippen LogP contribution in [0.3, 0.4) is 0 Å². The van der Waals surface area contributed by atoms with Crippen LogP contribution in [0.2, 0.25) is 0 Å². The molecule has 1 unspecified atom stereocenters. The van der Waals surface area contributed by atoms with Gasteiger partial charge in [-0.2, -0.15) is 17.5 Å². The molecule has 0 spiro atoms. The zero-order chi connectivity index (χ0) is 26.1. The standard InChI is InChI=1S/C23H21F4N5O3S/c1-14-10-28-19(16-12-30-22(31-13-16)23(25,26)27)9-15(14)11-29-21(33)20-3-2-8-32(20)36(34,35)18-6-4-17(24)5-7-18/h4-7,9-10,12-13,20H,2-3,8,11H2,1H3,(H,29,33). The lowest BCUT2D eigenvalue weighted by Crippen LogP contribution is -2.45. The first-order chi connectivity index (χ1) is 17.0. The minimum Gasteiger partial charge on any atom is -0.351 e. The molecular formula is C23H21F4N5O3S. The summed E-state index contributed by atoms with van der Waals surface area (Å²) in [7, 11) is -4.00. The summed E-state index contributed by atoms with van der Waals surface area (Å²) in [5, 5.41) is 2.74. The first-order valence-corrected chi connectivity index (χ1v) is 12.3. The number of hydrogen-bond donors (Lipinski definition) is 1. The number of carbonyl (C=O) groups excluding carboxylic acids is 1. The fraction of sp³-hybridized carbons (Fsp3) is 0.304. The summed E-state index contributed by atoms with van der Waals surface area (Å²) >= 11 is 0. The normalized spacial score (nSPS) is 16.8. The van der Waals surface area contributed by atoms with Crippen molar-refractivity contribution in [3.05, 3.63) is 71.7 Å². The quantitative estimate of drug-likeness (QED) is 0.496. The fourth-order valence-electron chi connectivity index (χ4n) is 3.85. The zero-order valence-corrected chi connectivity index (χ0v) is 19.8. The van der Waals surface area contributed by atoms with Crippen LogP contribution in [0.15, 0.2) is 53.8 Å². The molecular weight excluding hydrogens is 502 g/mol. The molecule has 1 N–H and O–H groups in total. The van der Waals surface area contributed by atoms with E-state index in [4.69, 9.17) is 0 Å². The van der Waals surface area contributed by atoms with Gasteiger partial charge in [0.2, 0.25) is 21.8 Å². The molecule has 1 atom stereocenters. The lowest BCUT2D eigenvalue weighted by atomic mass is 10.1. The lowest BCUT2D eigenvalue weighted by Gasteiger charge is -2.23. The predicted molar refractivity (Wildman–Crippen MR) is 120 cm³/mol. The number of rotatable bonds is 6. The van der Waals surface area contributed by atoms with E-state index in [1.807, 2.05) is 0 Å². The Labute approximate surface area is 204 Å². The van der Waals surface area contributed by atoms with Crippen molar-refractivity contribution in [2.24, 2.45) is 0 Å². The minimum absolute atomic E-state index is 0.0443. The zero-order valence-electron chi connectivity index (χ0n) is 19.0. The second-order valence-corrected chi connectivity index (χ2v) is 10.1. The Kier molecular flexibility index (Phi) is 7.05.